The van der Waals surface area contributed by atoms with Gasteiger partial charge in [0.15, 0.2) is 0 Å². The summed E-state index contributed by atoms with van der Waals surface area (Å²) in [6.07, 6.45) is 6.94. The monoisotopic (exact) mass is 191 g/mol. The van der Waals surface area contributed by atoms with Crippen LogP contribution in [0.2, 0.25) is 0 Å². The molecule has 0 saturated carbocycles. The molecule has 1 unspecified atom stereocenters. The molecule has 0 bridgehead atoms. The fourth-order valence-corrected chi connectivity index (χ4v) is 0.935. The summed E-state index contributed by atoms with van der Waals surface area (Å²) in [6, 6.07) is 0. The van der Waals surface area contributed by atoms with Crippen LogP contribution in [0, 0.1) is 6.26 Å². The highest BCUT2D eigenvalue weighted by atomic mass is 32.3. The Hall–Kier alpha value is -0.420. The van der Waals surface area contributed by atoms with E-state index in [4.69, 9.17) is 21.1 Å². The van der Waals surface area contributed by atoms with Gasteiger partial charge < -0.3 is 9.29 Å². The maximum absolute atomic E-state index is 9.12. The van der Waals surface area contributed by atoms with Crippen molar-refractivity contribution in [1.29, 1.82) is 0 Å². The van der Waals surface area contributed by atoms with E-state index in [0.29, 0.717) is 25.5 Å². The fourth-order valence-electron chi connectivity index (χ4n) is 0.480. The summed E-state index contributed by atoms with van der Waals surface area (Å²) in [6.45, 7) is 1.10. The number of rotatable bonds is 6. The molecule has 1 N–H and O–H groups in total. The molecule has 5 nitrogen and oxygen atoms in total. The summed E-state index contributed by atoms with van der Waals surface area (Å²) >= 11 is 0. The van der Waals surface area contributed by atoms with Gasteiger partial charge in [0, 0.05) is 23.5 Å². The highest BCUT2D eigenvalue weighted by molar-refractivity contribution is 8.29. The van der Waals surface area contributed by atoms with Gasteiger partial charge in [-0.15, -0.1) is 10.3 Å². The van der Waals surface area contributed by atoms with Gasteiger partial charge in [-0.1, -0.05) is 5.11 Å². The third-order valence-corrected chi connectivity index (χ3v) is 2.03. The second-order valence-electron chi connectivity index (χ2n) is 2.38. The summed E-state index contributed by atoms with van der Waals surface area (Å²) in [5, 5.41) is 3.27. The number of nitrogens with zero attached hydrogens (tertiary/aromatic N) is 3. The molecule has 0 spiro atoms. The van der Waals surface area contributed by atoms with Crippen molar-refractivity contribution in [3.8, 4) is 0 Å². The van der Waals surface area contributed by atoms with Gasteiger partial charge in [-0.3, -0.25) is 0 Å². The molecule has 6 heteroatoms. The van der Waals surface area contributed by atoms with E-state index >= 15 is 0 Å². The van der Waals surface area contributed by atoms with Crippen molar-refractivity contribution in [2.45, 2.75) is 0 Å². The second-order valence-corrected chi connectivity index (χ2v) is 5.00. The van der Waals surface area contributed by atoms with Crippen LogP contribution in [-0.2, 0) is 4.74 Å². The maximum Gasteiger partial charge on any atom is 0.0562 e. The van der Waals surface area contributed by atoms with Crippen molar-refractivity contribution < 1.29 is 9.29 Å². The average Bonchev–Trinajstić information content (AvgIpc) is 1.94. The molecule has 0 aromatic carbocycles. The third-order valence-electron chi connectivity index (χ3n) is 1.04. The Kier molecular flexibility index (Phi) is 5.92. The number of hydrogen-bond acceptors (Lipinski definition) is 3. The van der Waals surface area contributed by atoms with Crippen molar-refractivity contribution in [1.82, 2.24) is 0 Å². The first-order valence-corrected chi connectivity index (χ1v) is 5.64. The van der Waals surface area contributed by atoms with Crippen LogP contribution in [-0.4, -0.2) is 36.3 Å². The van der Waals surface area contributed by atoms with Crippen LogP contribution in [0.5, 0.6) is 0 Å². The summed E-state index contributed by atoms with van der Waals surface area (Å²) in [7, 11) is -1.95. The van der Waals surface area contributed by atoms with Crippen LogP contribution in [0.3, 0.4) is 0 Å². The largest absolute Gasteiger partial charge is 0.380 e. The van der Waals surface area contributed by atoms with E-state index in [1.807, 2.05) is 0 Å². The number of ether oxygens (including phenoxy) is 1. The van der Waals surface area contributed by atoms with Gasteiger partial charge >= 0.3 is 0 Å². The van der Waals surface area contributed by atoms with E-state index in [1.165, 1.54) is 0 Å². The molecule has 0 aromatic heterocycles. The molecule has 0 fully saturated rings. The smallest absolute Gasteiger partial charge is 0.0562 e. The number of azide groups is 1. The van der Waals surface area contributed by atoms with Crippen LogP contribution in [0.15, 0.2) is 5.11 Å². The predicted molar refractivity (Wildman–Crippen MR) is 50.1 cm³/mol. The number of hydrogen-bond donors (Lipinski definition) is 1. The van der Waals surface area contributed by atoms with Crippen LogP contribution in [0.4, 0.5) is 0 Å². The first-order chi connectivity index (χ1) is 5.56. The quantitative estimate of drug-likeness (QED) is 0.301. The fraction of sp³-hybridized carbons (Fsp3) is 0.833. The molecule has 0 rings (SSSR count). The molecule has 0 aliphatic carbocycles. The SMILES string of the molecule is [CH]S(C)(O)CCOCCN=[N+]=[N-]. The normalized spacial score (nSPS) is 12.2. The van der Waals surface area contributed by atoms with E-state index in [-0.39, 0.29) is 0 Å². The zero-order valence-electron chi connectivity index (χ0n) is 7.01. The van der Waals surface area contributed by atoms with E-state index in [1.54, 1.807) is 6.26 Å². The van der Waals surface area contributed by atoms with E-state index in [0.717, 1.165) is 0 Å². The Morgan fingerprint density at radius 2 is 2.33 bits per heavy atom. The third kappa shape index (κ3) is 9.58. The molecule has 0 aliphatic heterocycles. The Morgan fingerprint density at radius 1 is 1.67 bits per heavy atom. The van der Waals surface area contributed by atoms with E-state index in [2.05, 4.69) is 10.0 Å². The standard InChI is InChI=1S/C6H13N3O2S/c1-12(2,10)6-5-11-4-3-8-9-7/h1,10H,3-6H2,2H3. The lowest BCUT2D eigenvalue weighted by atomic mass is 10.7. The summed E-state index contributed by atoms with van der Waals surface area (Å²) < 4.78 is 14.1. The Bertz CT molecular complexity index is 163. The zero-order chi connectivity index (χ0) is 9.45. The maximum atomic E-state index is 9.12. The van der Waals surface area contributed by atoms with E-state index < -0.39 is 10.3 Å². The van der Waals surface area contributed by atoms with Crippen molar-refractivity contribution in [3.05, 3.63) is 16.7 Å². The Balaban J connectivity index is 3.16. The molecule has 0 aliphatic rings. The highest BCUT2D eigenvalue weighted by Gasteiger charge is 2.05. The Labute approximate surface area is 73.9 Å². The topological polar surface area (TPSA) is 78.2 Å². The van der Waals surface area contributed by atoms with Gasteiger partial charge in [-0.2, -0.15) is 0 Å². The lowest BCUT2D eigenvalue weighted by molar-refractivity contribution is 0.157. The van der Waals surface area contributed by atoms with Gasteiger partial charge in [0.1, 0.15) is 0 Å². The van der Waals surface area contributed by atoms with E-state index in [9.17, 15) is 0 Å². The highest BCUT2D eigenvalue weighted by Crippen LogP contribution is 2.35. The second kappa shape index (κ2) is 6.14. The molecule has 0 saturated heterocycles. The average molecular weight is 191 g/mol. The molecular weight excluding hydrogens is 178 g/mol. The van der Waals surface area contributed by atoms with Crippen molar-refractivity contribution in [3.63, 3.8) is 0 Å². The predicted octanol–water partition coefficient (Wildman–Crippen LogP) is 1.89. The van der Waals surface area contributed by atoms with Gasteiger partial charge in [0.2, 0.25) is 0 Å². The summed E-state index contributed by atoms with van der Waals surface area (Å²) in [5.74, 6) is 0.448. The van der Waals surface area contributed by atoms with Crippen LogP contribution in [0.25, 0.3) is 10.4 Å². The summed E-state index contributed by atoms with van der Waals surface area (Å²) in [4.78, 5) is 2.56. The molecule has 0 amide bonds. The lowest BCUT2D eigenvalue weighted by Crippen LogP contribution is -2.07. The van der Waals surface area contributed by atoms with Gasteiger partial charge in [-0.25, -0.2) is 0 Å². The zero-order valence-corrected chi connectivity index (χ0v) is 7.83. The van der Waals surface area contributed by atoms with Gasteiger partial charge in [-0.05, 0) is 11.8 Å². The van der Waals surface area contributed by atoms with Crippen molar-refractivity contribution in [2.75, 3.05) is 31.8 Å². The lowest BCUT2D eigenvalue weighted by Gasteiger charge is -2.21. The molecule has 0 aromatic rings. The molecule has 1 atom stereocenters. The Morgan fingerprint density at radius 3 is 2.83 bits per heavy atom. The first-order valence-electron chi connectivity index (χ1n) is 3.41. The molecular formula is C6H13N3O2S. The first kappa shape index (κ1) is 11.6. The molecule has 2 radical (unpaired) electrons. The minimum atomic E-state index is -1.95. The summed E-state index contributed by atoms with van der Waals surface area (Å²) in [5.41, 5.74) is 7.90. The van der Waals surface area contributed by atoms with Crippen LogP contribution >= 0.6 is 10.3 Å². The molecule has 12 heavy (non-hydrogen) atoms. The van der Waals surface area contributed by atoms with Crippen molar-refractivity contribution in [2.24, 2.45) is 5.11 Å². The molecule has 70 valence electrons. The minimum Gasteiger partial charge on any atom is -0.380 e. The van der Waals surface area contributed by atoms with Crippen LogP contribution in [0.1, 0.15) is 0 Å². The molecule has 0 heterocycles. The van der Waals surface area contributed by atoms with Crippen molar-refractivity contribution >= 4 is 10.3 Å². The minimum absolute atomic E-state index is 0.318. The van der Waals surface area contributed by atoms with Gasteiger partial charge in [0.25, 0.3) is 0 Å². The van der Waals surface area contributed by atoms with Gasteiger partial charge in [0.05, 0.1) is 13.2 Å². The van der Waals surface area contributed by atoms with Crippen LogP contribution < -0.4 is 0 Å².